The van der Waals surface area contributed by atoms with Gasteiger partial charge in [0, 0.05) is 50.2 Å². The van der Waals surface area contributed by atoms with Gasteiger partial charge in [-0.15, -0.1) is 0 Å². The van der Waals surface area contributed by atoms with Crippen molar-refractivity contribution in [2.75, 3.05) is 31.3 Å². The molecule has 1 aromatic carbocycles. The molecule has 3 aliphatic rings. The quantitative estimate of drug-likeness (QED) is 0.669. The molecule has 0 unspecified atom stereocenters. The van der Waals surface area contributed by atoms with Crippen LogP contribution >= 0.6 is 0 Å². The first kappa shape index (κ1) is 17.7. The number of hydrogen-bond donors (Lipinski definition) is 0. The van der Waals surface area contributed by atoms with Crippen LogP contribution in [-0.4, -0.2) is 41.3 Å². The molecule has 0 N–H and O–H groups in total. The number of benzene rings is 1. The van der Waals surface area contributed by atoms with Crippen molar-refractivity contribution in [2.24, 2.45) is 0 Å². The lowest BCUT2D eigenvalue weighted by molar-refractivity contribution is 0.174. The Labute approximate surface area is 176 Å². The highest BCUT2D eigenvalue weighted by atomic mass is 16.7. The van der Waals surface area contributed by atoms with E-state index >= 15 is 0 Å². The van der Waals surface area contributed by atoms with Crippen molar-refractivity contribution in [3.63, 3.8) is 0 Å². The van der Waals surface area contributed by atoms with Gasteiger partial charge in [0.2, 0.25) is 6.79 Å². The summed E-state index contributed by atoms with van der Waals surface area (Å²) < 4.78 is 11.0. The van der Waals surface area contributed by atoms with Gasteiger partial charge >= 0.3 is 0 Å². The van der Waals surface area contributed by atoms with Crippen molar-refractivity contribution >= 4 is 5.69 Å². The fraction of sp³-hybridized carbons (Fsp3) is 0.333. The van der Waals surface area contributed by atoms with Gasteiger partial charge in [0.05, 0.1) is 11.4 Å². The van der Waals surface area contributed by atoms with E-state index in [1.807, 2.05) is 36.8 Å². The number of rotatable bonds is 4. The maximum atomic E-state index is 5.55. The fourth-order valence-corrected chi connectivity index (χ4v) is 5.15. The first-order valence-corrected chi connectivity index (χ1v) is 10.5. The summed E-state index contributed by atoms with van der Waals surface area (Å²) in [7, 11) is 0. The first-order valence-electron chi connectivity index (χ1n) is 10.5. The highest BCUT2D eigenvalue weighted by Gasteiger charge is 2.48. The monoisotopic (exact) mass is 400 g/mol. The number of pyridine rings is 2. The average Bonchev–Trinajstić information content (AvgIpc) is 3.48. The lowest BCUT2D eigenvalue weighted by Gasteiger charge is -2.26. The van der Waals surface area contributed by atoms with Gasteiger partial charge in [0.15, 0.2) is 11.5 Å². The molecule has 0 bridgehead atoms. The molecule has 5 heterocycles. The second-order valence-electron chi connectivity index (χ2n) is 8.52. The van der Waals surface area contributed by atoms with Crippen molar-refractivity contribution in [2.45, 2.75) is 24.9 Å². The molecule has 6 nitrogen and oxygen atoms in total. The Morgan fingerprint density at radius 1 is 0.933 bits per heavy atom. The number of nitrogens with zero attached hydrogens (tertiary/aromatic N) is 4. The van der Waals surface area contributed by atoms with Crippen LogP contribution in [0.4, 0.5) is 5.69 Å². The summed E-state index contributed by atoms with van der Waals surface area (Å²) in [4.78, 5) is 14.2. The van der Waals surface area contributed by atoms with Crippen LogP contribution in [0.1, 0.15) is 23.2 Å². The zero-order valence-corrected chi connectivity index (χ0v) is 16.8. The van der Waals surface area contributed by atoms with E-state index in [-0.39, 0.29) is 5.41 Å². The second-order valence-corrected chi connectivity index (χ2v) is 8.52. The lowest BCUT2D eigenvalue weighted by Crippen LogP contribution is -2.36. The zero-order valence-electron chi connectivity index (χ0n) is 16.8. The molecule has 6 heteroatoms. The van der Waals surface area contributed by atoms with Crippen LogP contribution in [0.3, 0.4) is 0 Å². The van der Waals surface area contributed by atoms with Crippen LogP contribution in [-0.2, 0) is 18.5 Å². The van der Waals surface area contributed by atoms with Crippen LogP contribution in [0.15, 0.2) is 61.1 Å². The molecule has 3 aromatic rings. The third kappa shape index (κ3) is 2.99. The smallest absolute Gasteiger partial charge is 0.231 e. The Morgan fingerprint density at radius 2 is 1.87 bits per heavy atom. The predicted octanol–water partition coefficient (Wildman–Crippen LogP) is 3.37. The van der Waals surface area contributed by atoms with Crippen LogP contribution in [0.5, 0.6) is 11.5 Å². The number of anilines is 1. The van der Waals surface area contributed by atoms with Crippen LogP contribution in [0, 0.1) is 0 Å². The summed E-state index contributed by atoms with van der Waals surface area (Å²) in [6.45, 7) is 5.21. The molecule has 0 saturated carbocycles. The predicted molar refractivity (Wildman–Crippen MR) is 114 cm³/mol. The molecule has 1 saturated heterocycles. The third-order valence-electron chi connectivity index (χ3n) is 6.50. The fourth-order valence-electron chi connectivity index (χ4n) is 5.15. The maximum absolute atomic E-state index is 5.55. The molecule has 1 atom stereocenters. The van der Waals surface area contributed by atoms with Gasteiger partial charge in [0.25, 0.3) is 0 Å². The molecule has 3 aliphatic heterocycles. The normalized spacial score (nSPS) is 22.1. The van der Waals surface area contributed by atoms with E-state index in [9.17, 15) is 0 Å². The van der Waals surface area contributed by atoms with Crippen molar-refractivity contribution in [3.05, 3.63) is 77.9 Å². The standard InChI is InChI=1S/C24H24N4O2/c1-3-19(12-25-8-1)14-28-16-24(23-20(28)4-2-9-26-23)7-10-27(15-24)13-18-5-6-21-22(11-18)30-17-29-21/h1-6,8-9,11-12H,7,10,13-17H2/t24-/m1/s1. The van der Waals surface area contributed by atoms with E-state index < -0.39 is 0 Å². The summed E-state index contributed by atoms with van der Waals surface area (Å²) in [5.41, 5.74) is 5.12. The molecule has 152 valence electrons. The van der Waals surface area contributed by atoms with Crippen molar-refractivity contribution in [1.29, 1.82) is 0 Å². The molecule has 0 aliphatic carbocycles. The first-order chi connectivity index (χ1) is 14.8. The molecular formula is C24H24N4O2. The summed E-state index contributed by atoms with van der Waals surface area (Å²) in [6.07, 6.45) is 6.86. The summed E-state index contributed by atoms with van der Waals surface area (Å²) >= 11 is 0. The number of aromatic nitrogens is 2. The van der Waals surface area contributed by atoms with Gasteiger partial charge < -0.3 is 14.4 Å². The zero-order chi connectivity index (χ0) is 20.0. The summed E-state index contributed by atoms with van der Waals surface area (Å²) in [5, 5.41) is 0. The largest absolute Gasteiger partial charge is 0.454 e. The SMILES string of the molecule is c1cncc(CN2C[C@]3(CCN(Cc4ccc5c(c4)OCO5)C3)c3ncccc32)c1. The molecular weight excluding hydrogens is 376 g/mol. The van der Waals surface area contributed by atoms with E-state index in [0.717, 1.165) is 50.6 Å². The summed E-state index contributed by atoms with van der Waals surface area (Å²) in [6, 6.07) is 14.7. The van der Waals surface area contributed by atoms with Crippen LogP contribution in [0.2, 0.25) is 0 Å². The van der Waals surface area contributed by atoms with Crippen LogP contribution < -0.4 is 14.4 Å². The number of fused-ring (bicyclic) bond motifs is 3. The van der Waals surface area contributed by atoms with Gasteiger partial charge in [-0.1, -0.05) is 12.1 Å². The van der Waals surface area contributed by atoms with Crippen molar-refractivity contribution in [1.82, 2.24) is 14.9 Å². The number of hydrogen-bond acceptors (Lipinski definition) is 6. The van der Waals surface area contributed by atoms with Gasteiger partial charge in [0.1, 0.15) is 0 Å². The molecule has 1 fully saturated rings. The number of likely N-dealkylation sites (tertiary alicyclic amines) is 1. The van der Waals surface area contributed by atoms with Crippen molar-refractivity contribution in [3.8, 4) is 11.5 Å². The Bertz CT molecular complexity index is 1070. The molecule has 30 heavy (non-hydrogen) atoms. The second kappa shape index (κ2) is 6.99. The highest BCUT2D eigenvalue weighted by molar-refractivity contribution is 5.60. The molecule has 0 amide bonds. The van der Waals surface area contributed by atoms with Gasteiger partial charge in [-0.25, -0.2) is 0 Å². The van der Waals surface area contributed by atoms with E-state index in [2.05, 4.69) is 39.0 Å². The van der Waals surface area contributed by atoms with Gasteiger partial charge in [-0.3, -0.25) is 14.9 Å². The minimum atomic E-state index is 0.0924. The van der Waals surface area contributed by atoms with Crippen LogP contribution in [0.25, 0.3) is 0 Å². The highest BCUT2D eigenvalue weighted by Crippen LogP contribution is 2.46. The van der Waals surface area contributed by atoms with E-state index in [0.29, 0.717) is 6.79 Å². The Balaban J connectivity index is 1.23. The molecule has 0 radical (unpaired) electrons. The topological polar surface area (TPSA) is 50.7 Å². The Kier molecular flexibility index (Phi) is 4.13. The van der Waals surface area contributed by atoms with E-state index in [1.54, 1.807) is 0 Å². The average molecular weight is 400 g/mol. The summed E-state index contributed by atoms with van der Waals surface area (Å²) in [5.74, 6) is 1.70. The third-order valence-corrected chi connectivity index (χ3v) is 6.50. The van der Waals surface area contributed by atoms with E-state index in [4.69, 9.17) is 14.5 Å². The minimum absolute atomic E-state index is 0.0924. The number of ether oxygens (including phenoxy) is 2. The van der Waals surface area contributed by atoms with E-state index in [1.165, 1.54) is 22.5 Å². The minimum Gasteiger partial charge on any atom is -0.454 e. The van der Waals surface area contributed by atoms with Crippen molar-refractivity contribution < 1.29 is 9.47 Å². The van der Waals surface area contributed by atoms with Gasteiger partial charge in [-0.2, -0.15) is 0 Å². The maximum Gasteiger partial charge on any atom is 0.231 e. The Hall–Kier alpha value is -3.12. The molecule has 1 spiro atoms. The Morgan fingerprint density at radius 3 is 2.80 bits per heavy atom. The van der Waals surface area contributed by atoms with Gasteiger partial charge in [-0.05, 0) is 54.4 Å². The lowest BCUT2D eigenvalue weighted by atomic mass is 9.85. The molecule has 2 aromatic heterocycles. The molecule has 6 rings (SSSR count).